The van der Waals surface area contributed by atoms with E-state index in [1.165, 1.54) is 82.4 Å². The van der Waals surface area contributed by atoms with Crippen LogP contribution in [-0.2, 0) is 0 Å². The van der Waals surface area contributed by atoms with Gasteiger partial charge in [-0.15, -0.1) is 0 Å². The van der Waals surface area contributed by atoms with Crippen LogP contribution in [0.5, 0.6) is 0 Å². The number of hydrogen-bond donors (Lipinski definition) is 0. The summed E-state index contributed by atoms with van der Waals surface area (Å²) >= 11 is 0. The molecule has 0 spiro atoms. The molecule has 67 heavy (non-hydrogen) atoms. The van der Waals surface area contributed by atoms with Crippen LogP contribution < -0.4 is 4.90 Å². The summed E-state index contributed by atoms with van der Waals surface area (Å²) in [6.45, 7) is 0. The fraction of sp³-hybridized carbons (Fsp3) is 0. The Morgan fingerprint density at radius 2 is 0.612 bits per heavy atom. The first-order chi connectivity index (χ1) is 33.2. The highest BCUT2D eigenvalue weighted by Crippen LogP contribution is 2.45. The summed E-state index contributed by atoms with van der Waals surface area (Å²) < 4.78 is 0. The lowest BCUT2D eigenvalue weighted by Gasteiger charge is -2.29. The van der Waals surface area contributed by atoms with Gasteiger partial charge >= 0.3 is 0 Å². The fourth-order valence-electron chi connectivity index (χ4n) is 9.75. The zero-order valence-corrected chi connectivity index (χ0v) is 36.9. The van der Waals surface area contributed by atoms with Gasteiger partial charge in [-0.1, -0.05) is 212 Å². The Bertz CT molecular complexity index is 3660. The second-order valence-electron chi connectivity index (χ2n) is 17.3. The molecule has 12 aromatic carbocycles. The maximum atomic E-state index is 2.45. The maximum absolute atomic E-state index is 2.45. The lowest BCUT2D eigenvalue weighted by molar-refractivity contribution is 1.28. The molecular weight excluding hydrogens is 807 g/mol. The predicted molar refractivity (Wildman–Crippen MR) is 286 cm³/mol. The van der Waals surface area contributed by atoms with Crippen molar-refractivity contribution in [3.63, 3.8) is 0 Å². The number of hydrogen-bond acceptors (Lipinski definition) is 1. The van der Waals surface area contributed by atoms with Crippen LogP contribution in [0.4, 0.5) is 17.1 Å². The van der Waals surface area contributed by atoms with Gasteiger partial charge in [-0.3, -0.25) is 0 Å². The zero-order valence-electron chi connectivity index (χ0n) is 36.9. The highest BCUT2D eigenvalue weighted by atomic mass is 15.1. The molecule has 0 aromatic heterocycles. The van der Waals surface area contributed by atoms with Crippen LogP contribution in [0.25, 0.3) is 99.1 Å². The number of fused-ring (bicyclic) bond motifs is 3. The molecule has 0 radical (unpaired) electrons. The van der Waals surface area contributed by atoms with Gasteiger partial charge in [-0.2, -0.15) is 0 Å². The van der Waals surface area contributed by atoms with Gasteiger partial charge in [-0.05, 0) is 154 Å². The molecule has 0 N–H and O–H groups in total. The van der Waals surface area contributed by atoms with Gasteiger partial charge in [0.15, 0.2) is 0 Å². The summed E-state index contributed by atoms with van der Waals surface area (Å²) in [7, 11) is 0. The molecule has 0 aliphatic heterocycles. The number of anilines is 3. The van der Waals surface area contributed by atoms with Crippen LogP contribution in [0.3, 0.4) is 0 Å². The first-order valence-corrected chi connectivity index (χ1v) is 23.1. The number of benzene rings is 12. The molecule has 0 heterocycles. The third-order valence-electron chi connectivity index (χ3n) is 13.2. The van der Waals surface area contributed by atoms with Crippen molar-refractivity contribution in [1.82, 2.24) is 0 Å². The second kappa shape index (κ2) is 17.3. The minimum atomic E-state index is 1.07. The Kier molecular flexibility index (Phi) is 10.3. The van der Waals surface area contributed by atoms with Crippen molar-refractivity contribution in [2.75, 3.05) is 4.90 Å². The molecule has 1 nitrogen and oxygen atoms in total. The lowest BCUT2D eigenvalue weighted by Crippen LogP contribution is -2.11. The van der Waals surface area contributed by atoms with Crippen LogP contribution in [0, 0.1) is 0 Å². The van der Waals surface area contributed by atoms with Gasteiger partial charge in [0.1, 0.15) is 0 Å². The first kappa shape index (κ1) is 39.8. The molecule has 0 aliphatic carbocycles. The van der Waals surface area contributed by atoms with Crippen LogP contribution in [-0.4, -0.2) is 0 Å². The van der Waals surface area contributed by atoms with E-state index < -0.39 is 0 Å². The molecule has 12 aromatic rings. The van der Waals surface area contributed by atoms with Crippen molar-refractivity contribution >= 4 is 49.4 Å². The fourth-order valence-corrected chi connectivity index (χ4v) is 9.75. The van der Waals surface area contributed by atoms with Crippen molar-refractivity contribution in [1.29, 1.82) is 0 Å². The lowest BCUT2D eigenvalue weighted by atomic mass is 9.93. The largest absolute Gasteiger partial charge is 0.310 e. The van der Waals surface area contributed by atoms with E-state index in [2.05, 4.69) is 278 Å². The average Bonchev–Trinajstić information content (AvgIpc) is 3.41. The second-order valence-corrected chi connectivity index (χ2v) is 17.3. The Hall–Kier alpha value is -8.78. The summed E-state index contributed by atoms with van der Waals surface area (Å²) in [6, 6.07) is 99.7. The predicted octanol–water partition coefficient (Wildman–Crippen LogP) is 18.6. The highest BCUT2D eigenvalue weighted by Gasteiger charge is 2.20. The van der Waals surface area contributed by atoms with Crippen LogP contribution >= 0.6 is 0 Å². The molecule has 0 amide bonds. The van der Waals surface area contributed by atoms with Crippen molar-refractivity contribution in [2.45, 2.75) is 0 Å². The average molecular weight is 852 g/mol. The summed E-state index contributed by atoms with van der Waals surface area (Å²) in [4.78, 5) is 2.45. The topological polar surface area (TPSA) is 3.24 Å². The van der Waals surface area contributed by atoms with E-state index in [0.29, 0.717) is 0 Å². The molecule has 0 saturated heterocycles. The SMILES string of the molecule is c1ccc(-c2cc(-c3ccccc3)cc(-c3ccc(N(c4ccc(-c5cccc6ccccc56)cc4)c4cc(-c5ccc6ccccc6c5)ccc4-c4ccc5ccccc5c4)cc3)c2)cc1. The van der Waals surface area contributed by atoms with E-state index in [9.17, 15) is 0 Å². The quantitative estimate of drug-likeness (QED) is 0.140. The Morgan fingerprint density at radius 3 is 1.21 bits per heavy atom. The number of rotatable bonds is 9. The van der Waals surface area contributed by atoms with Crippen molar-refractivity contribution in [2.24, 2.45) is 0 Å². The molecule has 0 atom stereocenters. The van der Waals surface area contributed by atoms with E-state index in [4.69, 9.17) is 0 Å². The van der Waals surface area contributed by atoms with Gasteiger partial charge in [0.2, 0.25) is 0 Å². The van der Waals surface area contributed by atoms with Gasteiger partial charge in [0.25, 0.3) is 0 Å². The zero-order chi connectivity index (χ0) is 44.5. The monoisotopic (exact) mass is 851 g/mol. The highest BCUT2D eigenvalue weighted by molar-refractivity contribution is 5.99. The third-order valence-corrected chi connectivity index (χ3v) is 13.2. The Labute approximate surface area is 392 Å². The molecule has 314 valence electrons. The molecule has 0 aliphatic rings. The minimum absolute atomic E-state index is 1.07. The van der Waals surface area contributed by atoms with E-state index in [1.54, 1.807) is 0 Å². The molecule has 12 rings (SSSR count). The smallest absolute Gasteiger partial charge is 0.0546 e. The first-order valence-electron chi connectivity index (χ1n) is 23.1. The standard InChI is InChI=1S/C66H45N/c1-3-14-46(15-4-1)58-42-59(47-16-5-2-6-17-47)44-60(43-58)50-30-35-61(36-31-50)67(62-37-32-52(33-38-62)64-25-13-23-51-20-11-12-24-63(51)64)66-45-56(55-28-26-48-18-7-9-21-53(48)40-55)34-39-65(66)57-29-27-49-19-8-10-22-54(49)41-57/h1-45H. The molecule has 0 saturated carbocycles. The van der Waals surface area contributed by atoms with Gasteiger partial charge in [0, 0.05) is 16.9 Å². The summed E-state index contributed by atoms with van der Waals surface area (Å²) in [5, 5.41) is 7.39. The Morgan fingerprint density at radius 1 is 0.194 bits per heavy atom. The summed E-state index contributed by atoms with van der Waals surface area (Å²) in [6.07, 6.45) is 0. The Balaban J connectivity index is 1.04. The minimum Gasteiger partial charge on any atom is -0.310 e. The van der Waals surface area contributed by atoms with E-state index in [0.717, 1.165) is 33.8 Å². The maximum Gasteiger partial charge on any atom is 0.0546 e. The van der Waals surface area contributed by atoms with Gasteiger partial charge in [0.05, 0.1) is 5.69 Å². The molecule has 1 heteroatoms. The van der Waals surface area contributed by atoms with Crippen LogP contribution in [0.15, 0.2) is 273 Å². The van der Waals surface area contributed by atoms with Crippen molar-refractivity contribution in [3.8, 4) is 66.8 Å². The molecular formula is C66H45N. The van der Waals surface area contributed by atoms with Gasteiger partial charge in [-0.25, -0.2) is 0 Å². The van der Waals surface area contributed by atoms with Crippen molar-refractivity contribution < 1.29 is 0 Å². The van der Waals surface area contributed by atoms with E-state index >= 15 is 0 Å². The van der Waals surface area contributed by atoms with Crippen LogP contribution in [0.2, 0.25) is 0 Å². The van der Waals surface area contributed by atoms with Crippen LogP contribution in [0.1, 0.15) is 0 Å². The third kappa shape index (κ3) is 7.84. The molecule has 0 unspecified atom stereocenters. The summed E-state index contributed by atoms with van der Waals surface area (Å²) in [5.74, 6) is 0. The number of nitrogens with zero attached hydrogens (tertiary/aromatic N) is 1. The molecule has 0 fully saturated rings. The van der Waals surface area contributed by atoms with E-state index in [-0.39, 0.29) is 0 Å². The van der Waals surface area contributed by atoms with Gasteiger partial charge < -0.3 is 4.90 Å². The normalized spacial score (nSPS) is 11.3. The molecule has 0 bridgehead atoms. The van der Waals surface area contributed by atoms with Crippen molar-refractivity contribution in [3.05, 3.63) is 273 Å². The summed E-state index contributed by atoms with van der Waals surface area (Å²) in [5.41, 5.74) is 17.4. The van der Waals surface area contributed by atoms with E-state index in [1.807, 2.05) is 0 Å².